The third kappa shape index (κ3) is 4.87. The normalized spacial score (nSPS) is 11.7. The Kier molecular flexibility index (Phi) is 5.93. The number of hydrogen-bond donors (Lipinski definition) is 2. The number of aromatic amines is 1. The Bertz CT molecular complexity index is 1280. The molecule has 0 aliphatic rings. The van der Waals surface area contributed by atoms with Crippen LogP contribution in [0, 0.1) is 13.8 Å². The Hall–Kier alpha value is -3.35. The van der Waals surface area contributed by atoms with Gasteiger partial charge in [-0.1, -0.05) is 64.3 Å². The molecule has 2 N–H and O–H groups in total. The van der Waals surface area contributed by atoms with Crippen molar-refractivity contribution in [1.82, 2.24) is 15.1 Å². The zero-order valence-corrected chi connectivity index (χ0v) is 18.3. The number of benzene rings is 2. The number of imidazole rings is 1. The number of halogens is 2. The molecule has 4 aromatic rings. The predicted molar refractivity (Wildman–Crippen MR) is 125 cm³/mol. The van der Waals surface area contributed by atoms with Crippen LogP contribution in [0.2, 0.25) is 10.0 Å². The predicted octanol–water partition coefficient (Wildman–Crippen LogP) is 6.30. The number of nitrogens with zero attached hydrogens (tertiary/aromatic N) is 2. The fourth-order valence-electron chi connectivity index (χ4n) is 2.93. The number of rotatable bonds is 5. The lowest BCUT2D eigenvalue weighted by Crippen LogP contribution is -2.09. The highest BCUT2D eigenvalue weighted by molar-refractivity contribution is 6.42. The molecular formula is C23H18Cl2N4O2. The second kappa shape index (κ2) is 8.79. The minimum Gasteiger partial charge on any atom is -0.354 e. The van der Waals surface area contributed by atoms with Crippen molar-refractivity contribution in [2.75, 3.05) is 5.32 Å². The molecule has 0 unspecified atom stereocenters. The number of carbonyl (C=O) groups is 1. The summed E-state index contributed by atoms with van der Waals surface area (Å²) < 4.78 is 5.35. The summed E-state index contributed by atoms with van der Waals surface area (Å²) in [4.78, 5) is 19.9. The fraction of sp³-hybridized carbons (Fsp3) is 0.0870. The van der Waals surface area contributed by atoms with Crippen LogP contribution in [0.4, 0.5) is 5.69 Å². The van der Waals surface area contributed by atoms with Crippen molar-refractivity contribution < 1.29 is 9.32 Å². The van der Waals surface area contributed by atoms with Crippen molar-refractivity contribution in [2.45, 2.75) is 13.8 Å². The Morgan fingerprint density at radius 3 is 2.58 bits per heavy atom. The van der Waals surface area contributed by atoms with Gasteiger partial charge in [-0.05, 0) is 43.7 Å². The molecule has 0 radical (unpaired) electrons. The maximum absolute atomic E-state index is 12.4. The molecule has 4 rings (SSSR count). The summed E-state index contributed by atoms with van der Waals surface area (Å²) in [6.07, 6.45) is 6.62. The average molecular weight is 453 g/mol. The van der Waals surface area contributed by atoms with Gasteiger partial charge in [0, 0.05) is 6.08 Å². The molecule has 2 heterocycles. The van der Waals surface area contributed by atoms with E-state index in [1.54, 1.807) is 31.2 Å². The van der Waals surface area contributed by atoms with Crippen LogP contribution in [0.1, 0.15) is 28.4 Å². The maximum Gasteiger partial charge on any atom is 0.248 e. The van der Waals surface area contributed by atoms with Gasteiger partial charge in [0.15, 0.2) is 5.76 Å². The molecule has 2 aromatic carbocycles. The summed E-state index contributed by atoms with van der Waals surface area (Å²) >= 11 is 12.0. The Labute approximate surface area is 188 Å². The zero-order valence-electron chi connectivity index (χ0n) is 16.7. The molecule has 8 heteroatoms. The Morgan fingerprint density at radius 1 is 1.06 bits per heavy atom. The molecule has 0 aliphatic heterocycles. The van der Waals surface area contributed by atoms with E-state index in [4.69, 9.17) is 27.7 Å². The molecule has 0 bridgehead atoms. The number of aromatic nitrogens is 3. The second-order valence-electron chi connectivity index (χ2n) is 6.98. The first-order valence-corrected chi connectivity index (χ1v) is 10.2. The van der Waals surface area contributed by atoms with Crippen molar-refractivity contribution in [3.05, 3.63) is 80.9 Å². The lowest BCUT2D eigenvalue weighted by Gasteiger charge is -2.00. The maximum atomic E-state index is 12.4. The Balaban J connectivity index is 1.48. The number of anilines is 1. The van der Waals surface area contributed by atoms with Gasteiger partial charge >= 0.3 is 0 Å². The number of H-pyrrole nitrogens is 1. The molecule has 1 amide bonds. The van der Waals surface area contributed by atoms with Crippen molar-refractivity contribution in [3.63, 3.8) is 0 Å². The molecule has 0 spiro atoms. The molecule has 0 saturated heterocycles. The van der Waals surface area contributed by atoms with Gasteiger partial charge in [0.1, 0.15) is 17.2 Å². The van der Waals surface area contributed by atoms with Gasteiger partial charge in [0.05, 0.1) is 21.1 Å². The van der Waals surface area contributed by atoms with E-state index >= 15 is 0 Å². The first-order valence-electron chi connectivity index (χ1n) is 9.44. The smallest absolute Gasteiger partial charge is 0.248 e. The number of nitrogens with one attached hydrogen (secondary N) is 2. The molecule has 0 saturated carbocycles. The van der Waals surface area contributed by atoms with Gasteiger partial charge in [0.25, 0.3) is 0 Å². The van der Waals surface area contributed by atoms with Crippen LogP contribution in [-0.2, 0) is 4.79 Å². The zero-order chi connectivity index (χ0) is 22.0. The highest BCUT2D eigenvalue weighted by atomic mass is 35.5. The lowest BCUT2D eigenvalue weighted by atomic mass is 10.1. The topological polar surface area (TPSA) is 83.8 Å². The highest BCUT2D eigenvalue weighted by Crippen LogP contribution is 2.27. The van der Waals surface area contributed by atoms with Crippen LogP contribution in [0.5, 0.6) is 0 Å². The second-order valence-corrected chi connectivity index (χ2v) is 7.79. The van der Waals surface area contributed by atoms with Crippen LogP contribution >= 0.6 is 23.2 Å². The first-order chi connectivity index (χ1) is 14.9. The summed E-state index contributed by atoms with van der Waals surface area (Å²) in [6.45, 7) is 3.79. The number of hydrogen-bond acceptors (Lipinski definition) is 4. The minimum atomic E-state index is -0.340. The minimum absolute atomic E-state index is 0.340. The largest absolute Gasteiger partial charge is 0.354 e. The molecule has 2 aromatic heterocycles. The van der Waals surface area contributed by atoms with E-state index in [9.17, 15) is 4.79 Å². The van der Waals surface area contributed by atoms with Crippen LogP contribution in [-0.4, -0.2) is 21.0 Å². The monoisotopic (exact) mass is 452 g/mol. The van der Waals surface area contributed by atoms with Crippen molar-refractivity contribution >= 4 is 64.1 Å². The third-order valence-corrected chi connectivity index (χ3v) is 5.30. The van der Waals surface area contributed by atoms with E-state index < -0.39 is 0 Å². The average Bonchev–Trinajstić information content (AvgIpc) is 3.29. The van der Waals surface area contributed by atoms with Crippen LogP contribution in [0.25, 0.3) is 29.3 Å². The molecule has 31 heavy (non-hydrogen) atoms. The quantitative estimate of drug-likeness (QED) is 0.348. The standard InChI is InChI=1S/C23H18Cl2N4O2/c1-13-3-5-15(6-4-13)7-8-20-23(14(2)29-31-20)28-22(30)10-9-21-26-18-11-16(24)17(25)12-19(18)27-21/h3-12H,1-2H3,(H,26,27)(H,28,30)/b8-7+,10-9+. The van der Waals surface area contributed by atoms with Gasteiger partial charge in [-0.2, -0.15) is 0 Å². The van der Waals surface area contributed by atoms with E-state index in [0.717, 1.165) is 11.1 Å². The molecule has 6 nitrogen and oxygen atoms in total. The van der Waals surface area contributed by atoms with Gasteiger partial charge in [-0.3, -0.25) is 4.79 Å². The third-order valence-electron chi connectivity index (χ3n) is 4.58. The number of fused-ring (bicyclic) bond motifs is 1. The fourth-order valence-corrected chi connectivity index (χ4v) is 3.25. The number of aryl methyl sites for hydroxylation is 2. The van der Waals surface area contributed by atoms with Crippen LogP contribution in [0.3, 0.4) is 0 Å². The van der Waals surface area contributed by atoms with E-state index in [2.05, 4.69) is 20.4 Å². The van der Waals surface area contributed by atoms with Gasteiger partial charge in [-0.25, -0.2) is 4.98 Å². The van der Waals surface area contributed by atoms with E-state index in [1.807, 2.05) is 37.3 Å². The molecule has 0 aliphatic carbocycles. The molecule has 0 atom stereocenters. The van der Waals surface area contributed by atoms with E-state index in [0.29, 0.717) is 38.5 Å². The lowest BCUT2D eigenvalue weighted by molar-refractivity contribution is -0.111. The van der Waals surface area contributed by atoms with Crippen LogP contribution < -0.4 is 5.32 Å². The van der Waals surface area contributed by atoms with Gasteiger partial charge in [-0.15, -0.1) is 0 Å². The number of carbonyl (C=O) groups excluding carboxylic acids is 1. The summed E-state index contributed by atoms with van der Waals surface area (Å²) in [7, 11) is 0. The SMILES string of the molecule is Cc1ccc(/C=C/c2onc(C)c2NC(=O)/C=C/c2nc3cc(Cl)c(Cl)cc3[nH]2)cc1. The molecular weight excluding hydrogens is 435 g/mol. The van der Waals surface area contributed by atoms with E-state index in [-0.39, 0.29) is 5.91 Å². The van der Waals surface area contributed by atoms with E-state index in [1.165, 1.54) is 11.6 Å². The summed E-state index contributed by atoms with van der Waals surface area (Å²) in [6, 6.07) is 11.4. The summed E-state index contributed by atoms with van der Waals surface area (Å²) in [5.74, 6) is 0.630. The summed E-state index contributed by atoms with van der Waals surface area (Å²) in [5, 5.41) is 7.61. The summed E-state index contributed by atoms with van der Waals surface area (Å²) in [5.41, 5.74) is 4.69. The van der Waals surface area contributed by atoms with Crippen molar-refractivity contribution in [3.8, 4) is 0 Å². The van der Waals surface area contributed by atoms with Crippen molar-refractivity contribution in [2.24, 2.45) is 0 Å². The Morgan fingerprint density at radius 2 is 1.81 bits per heavy atom. The number of amides is 1. The van der Waals surface area contributed by atoms with Gasteiger partial charge in [0.2, 0.25) is 5.91 Å². The van der Waals surface area contributed by atoms with Crippen molar-refractivity contribution in [1.29, 1.82) is 0 Å². The van der Waals surface area contributed by atoms with Gasteiger partial charge < -0.3 is 14.8 Å². The molecule has 0 fully saturated rings. The van der Waals surface area contributed by atoms with Crippen LogP contribution in [0.15, 0.2) is 47.0 Å². The first kappa shape index (κ1) is 20.9. The molecule has 156 valence electrons. The highest BCUT2D eigenvalue weighted by Gasteiger charge is 2.13.